The average Bonchev–Trinajstić information content (AvgIpc) is 3.10. The number of imidazole rings is 1. The van der Waals surface area contributed by atoms with Gasteiger partial charge in [-0.25, -0.2) is 9.78 Å². The minimum absolute atomic E-state index is 0.112. The number of hydrogen-bond acceptors (Lipinski definition) is 3. The lowest BCUT2D eigenvalue weighted by atomic mass is 10.1. The van der Waals surface area contributed by atoms with E-state index in [4.69, 9.17) is 0 Å². The first-order valence-electron chi connectivity index (χ1n) is 8.11. The Balaban J connectivity index is 1.54. The second kappa shape index (κ2) is 6.27. The zero-order valence-electron chi connectivity index (χ0n) is 13.5. The molecule has 1 fully saturated rings. The Kier molecular flexibility index (Phi) is 3.81. The zero-order chi connectivity index (χ0) is 17.2. The number of amides is 3. The molecule has 1 saturated heterocycles. The molecule has 126 valence electrons. The summed E-state index contributed by atoms with van der Waals surface area (Å²) in [7, 11) is 0. The lowest BCUT2D eigenvalue weighted by Crippen LogP contribution is -2.46. The summed E-state index contributed by atoms with van der Waals surface area (Å²) in [5.74, 6) is -0.211. The van der Waals surface area contributed by atoms with Crippen LogP contribution in [0.25, 0.3) is 11.0 Å². The smallest absolute Gasteiger partial charge is 0.321 e. The number of carbonyl (C=O) groups is 2. The summed E-state index contributed by atoms with van der Waals surface area (Å²) in [4.78, 5) is 33.3. The van der Waals surface area contributed by atoms with E-state index in [-0.39, 0.29) is 11.9 Å². The number of anilines is 2. The van der Waals surface area contributed by atoms with Crippen LogP contribution in [0.4, 0.5) is 16.2 Å². The first-order valence-corrected chi connectivity index (χ1v) is 8.11. The molecule has 1 aliphatic rings. The predicted octanol–water partition coefficient (Wildman–Crippen LogP) is 2.73. The summed E-state index contributed by atoms with van der Waals surface area (Å²) in [5.41, 5.74) is 3.57. The van der Waals surface area contributed by atoms with Gasteiger partial charge in [-0.1, -0.05) is 6.07 Å². The number of nitrogens with one attached hydrogen (secondary N) is 3. The molecule has 7 heteroatoms. The van der Waals surface area contributed by atoms with E-state index >= 15 is 0 Å². The quantitative estimate of drug-likeness (QED) is 0.687. The number of aromatic nitrogens is 2. The molecule has 0 radical (unpaired) electrons. The van der Waals surface area contributed by atoms with Gasteiger partial charge in [-0.2, -0.15) is 0 Å². The molecule has 1 aliphatic heterocycles. The van der Waals surface area contributed by atoms with Crippen molar-refractivity contribution in [1.29, 1.82) is 0 Å². The molecular weight excluding hydrogens is 318 g/mol. The number of rotatable bonds is 3. The van der Waals surface area contributed by atoms with Crippen LogP contribution in [0.3, 0.4) is 0 Å². The highest BCUT2D eigenvalue weighted by Gasteiger charge is 2.19. The summed E-state index contributed by atoms with van der Waals surface area (Å²) < 4.78 is 0. The van der Waals surface area contributed by atoms with E-state index in [0.29, 0.717) is 24.3 Å². The van der Waals surface area contributed by atoms with Gasteiger partial charge in [-0.05, 0) is 42.8 Å². The fourth-order valence-electron chi connectivity index (χ4n) is 2.91. The second-order valence-corrected chi connectivity index (χ2v) is 5.88. The lowest BCUT2D eigenvalue weighted by Gasteiger charge is -2.27. The van der Waals surface area contributed by atoms with Crippen molar-refractivity contribution in [2.24, 2.45) is 0 Å². The molecule has 0 spiro atoms. The number of carbonyl (C=O) groups excluding carboxylic acids is 2. The molecule has 0 atom stereocenters. The molecule has 25 heavy (non-hydrogen) atoms. The molecular formula is C18H17N5O2. The monoisotopic (exact) mass is 335 g/mol. The van der Waals surface area contributed by atoms with E-state index in [1.54, 1.807) is 41.6 Å². The van der Waals surface area contributed by atoms with Gasteiger partial charge in [0.15, 0.2) is 0 Å². The molecule has 3 N–H and O–H groups in total. The molecule has 0 aliphatic carbocycles. The van der Waals surface area contributed by atoms with Gasteiger partial charge in [0.05, 0.1) is 17.4 Å². The maximum atomic E-state index is 12.5. The maximum Gasteiger partial charge on any atom is 0.321 e. The molecule has 1 aromatic heterocycles. The second-order valence-electron chi connectivity index (χ2n) is 5.88. The van der Waals surface area contributed by atoms with E-state index in [0.717, 1.165) is 23.1 Å². The average molecular weight is 335 g/mol. The number of nitrogens with zero attached hydrogens (tertiary/aromatic N) is 2. The van der Waals surface area contributed by atoms with Crippen molar-refractivity contribution in [3.05, 3.63) is 54.4 Å². The van der Waals surface area contributed by atoms with Gasteiger partial charge in [-0.3, -0.25) is 9.69 Å². The molecule has 4 rings (SSSR count). The van der Waals surface area contributed by atoms with E-state index in [2.05, 4.69) is 20.6 Å². The highest BCUT2D eigenvalue weighted by atomic mass is 16.2. The topological polar surface area (TPSA) is 90.1 Å². The fourth-order valence-corrected chi connectivity index (χ4v) is 2.91. The van der Waals surface area contributed by atoms with Crippen LogP contribution < -0.4 is 15.5 Å². The third kappa shape index (κ3) is 3.03. The van der Waals surface area contributed by atoms with Gasteiger partial charge in [0.1, 0.15) is 0 Å². The van der Waals surface area contributed by atoms with Gasteiger partial charge >= 0.3 is 6.03 Å². The first kappa shape index (κ1) is 15.2. The minimum Gasteiger partial charge on any atom is -0.345 e. The SMILES string of the molecule is O=C(Nc1cccc(N2CCCNC2=O)c1)c1ccc2nc[nH]c2c1. The van der Waals surface area contributed by atoms with Crippen LogP contribution in [-0.2, 0) is 0 Å². The van der Waals surface area contributed by atoms with Gasteiger partial charge in [0.25, 0.3) is 5.91 Å². The number of urea groups is 1. The fraction of sp³-hybridized carbons (Fsp3) is 0.167. The standard InChI is InChI=1S/C18H17N5O2/c24-17(12-5-6-15-16(9-12)21-11-20-15)22-13-3-1-4-14(10-13)23-8-2-7-19-18(23)25/h1,3-6,9-11H,2,7-8H2,(H,19,25)(H,20,21)(H,22,24). The molecule has 2 heterocycles. The number of benzene rings is 2. The summed E-state index contributed by atoms with van der Waals surface area (Å²) >= 11 is 0. The van der Waals surface area contributed by atoms with Crippen LogP contribution in [0, 0.1) is 0 Å². The van der Waals surface area contributed by atoms with Gasteiger partial charge in [-0.15, -0.1) is 0 Å². The molecule has 0 bridgehead atoms. The Bertz CT molecular complexity index is 949. The van der Waals surface area contributed by atoms with Crippen molar-refractivity contribution < 1.29 is 9.59 Å². The molecule has 0 saturated carbocycles. The van der Waals surface area contributed by atoms with Crippen molar-refractivity contribution in [3.8, 4) is 0 Å². The van der Waals surface area contributed by atoms with Crippen LogP contribution >= 0.6 is 0 Å². The van der Waals surface area contributed by atoms with E-state index in [1.807, 2.05) is 12.1 Å². The number of hydrogen-bond donors (Lipinski definition) is 3. The largest absolute Gasteiger partial charge is 0.345 e. The van der Waals surface area contributed by atoms with Gasteiger partial charge in [0.2, 0.25) is 0 Å². The molecule has 7 nitrogen and oxygen atoms in total. The van der Waals surface area contributed by atoms with E-state index < -0.39 is 0 Å². The highest BCUT2D eigenvalue weighted by Crippen LogP contribution is 2.22. The predicted molar refractivity (Wildman–Crippen MR) is 95.9 cm³/mol. The van der Waals surface area contributed by atoms with Crippen LogP contribution in [0.5, 0.6) is 0 Å². The number of aromatic amines is 1. The number of H-pyrrole nitrogens is 1. The van der Waals surface area contributed by atoms with Crippen LogP contribution in [0.1, 0.15) is 16.8 Å². The van der Waals surface area contributed by atoms with Crippen molar-refractivity contribution >= 4 is 34.3 Å². The Labute approximate surface area is 144 Å². The van der Waals surface area contributed by atoms with Crippen molar-refractivity contribution in [1.82, 2.24) is 15.3 Å². The van der Waals surface area contributed by atoms with Crippen LogP contribution in [0.2, 0.25) is 0 Å². The molecule has 3 aromatic rings. The Hall–Kier alpha value is -3.35. The Morgan fingerprint density at radius 1 is 1.20 bits per heavy atom. The van der Waals surface area contributed by atoms with E-state index in [9.17, 15) is 9.59 Å². The zero-order valence-corrected chi connectivity index (χ0v) is 13.5. The van der Waals surface area contributed by atoms with Gasteiger partial charge < -0.3 is 15.6 Å². The Morgan fingerprint density at radius 2 is 2.12 bits per heavy atom. The third-order valence-corrected chi connectivity index (χ3v) is 4.18. The van der Waals surface area contributed by atoms with Crippen LogP contribution in [0.15, 0.2) is 48.8 Å². The minimum atomic E-state index is -0.211. The lowest BCUT2D eigenvalue weighted by molar-refractivity contribution is 0.102. The summed E-state index contributed by atoms with van der Waals surface area (Å²) in [6.45, 7) is 1.36. The summed E-state index contributed by atoms with van der Waals surface area (Å²) in [6, 6.07) is 12.5. The van der Waals surface area contributed by atoms with Crippen molar-refractivity contribution in [3.63, 3.8) is 0 Å². The highest BCUT2D eigenvalue weighted by molar-refractivity contribution is 6.06. The normalized spacial score (nSPS) is 14.4. The molecule has 3 amide bonds. The summed E-state index contributed by atoms with van der Waals surface area (Å²) in [6.07, 6.45) is 2.49. The first-order chi connectivity index (χ1) is 12.2. The Morgan fingerprint density at radius 3 is 3.00 bits per heavy atom. The molecule has 0 unspecified atom stereocenters. The van der Waals surface area contributed by atoms with Crippen LogP contribution in [-0.4, -0.2) is 35.0 Å². The maximum absolute atomic E-state index is 12.5. The number of fused-ring (bicyclic) bond motifs is 1. The van der Waals surface area contributed by atoms with Crippen molar-refractivity contribution in [2.75, 3.05) is 23.3 Å². The molecule has 2 aromatic carbocycles. The van der Waals surface area contributed by atoms with Gasteiger partial charge in [0, 0.05) is 30.0 Å². The van der Waals surface area contributed by atoms with Crippen molar-refractivity contribution in [2.45, 2.75) is 6.42 Å². The third-order valence-electron chi connectivity index (χ3n) is 4.18. The summed E-state index contributed by atoms with van der Waals surface area (Å²) in [5, 5.41) is 5.70. The van der Waals surface area contributed by atoms with E-state index in [1.165, 1.54) is 0 Å².